The molecule has 0 N–H and O–H groups in total. The molecule has 129 valence electrons. The maximum absolute atomic E-state index is 13.6. The number of benzene rings is 2. The van der Waals surface area contributed by atoms with Gasteiger partial charge < -0.3 is 9.26 Å². The molecule has 0 saturated carbocycles. The zero-order valence-electron chi connectivity index (χ0n) is 14.7. The van der Waals surface area contributed by atoms with Gasteiger partial charge in [0, 0.05) is 11.1 Å². The van der Waals surface area contributed by atoms with Crippen LogP contribution in [-0.2, 0) is 0 Å². The summed E-state index contributed by atoms with van der Waals surface area (Å²) in [6.07, 6.45) is -0.0361. The van der Waals surface area contributed by atoms with E-state index in [1.807, 2.05) is 13.8 Å². The number of halogens is 1. The van der Waals surface area contributed by atoms with Crippen molar-refractivity contribution in [2.24, 2.45) is 0 Å². The molecule has 0 saturated heterocycles. The van der Waals surface area contributed by atoms with Gasteiger partial charge in [0.05, 0.1) is 11.7 Å². The summed E-state index contributed by atoms with van der Waals surface area (Å²) in [5.41, 5.74) is 2.12. The summed E-state index contributed by atoms with van der Waals surface area (Å²) in [5, 5.41) is 13.3. The summed E-state index contributed by atoms with van der Waals surface area (Å²) in [7, 11) is 1.67. The van der Waals surface area contributed by atoms with Crippen molar-refractivity contribution in [2.45, 2.75) is 26.8 Å². The Hall–Kier alpha value is -3.14. The number of aromatic nitrogens is 2. The smallest absolute Gasteiger partial charge is 0.258 e. The Morgan fingerprint density at radius 2 is 1.96 bits per heavy atom. The van der Waals surface area contributed by atoms with Crippen LogP contribution in [-0.4, -0.2) is 23.5 Å². The van der Waals surface area contributed by atoms with E-state index < -0.39 is 0 Å². The Balaban J connectivity index is 1.94. The van der Waals surface area contributed by atoms with Crippen molar-refractivity contribution >= 4 is 12.7 Å². The van der Waals surface area contributed by atoms with E-state index in [2.05, 4.69) is 16.2 Å². The van der Waals surface area contributed by atoms with Crippen molar-refractivity contribution < 1.29 is 13.7 Å². The Kier molecular flexibility index (Phi) is 5.03. The molecule has 26 heavy (non-hydrogen) atoms. The number of nitrogens with zero attached hydrogens (tertiary/aromatic N) is 3. The van der Waals surface area contributed by atoms with Crippen LogP contribution in [0.15, 0.2) is 40.9 Å². The summed E-state index contributed by atoms with van der Waals surface area (Å²) < 4.78 is 24.6. The van der Waals surface area contributed by atoms with Crippen molar-refractivity contribution in [2.75, 3.05) is 0 Å². The maximum atomic E-state index is 13.6. The molecular formula is C19H16BFN3O2. The molecule has 1 radical (unpaired) electrons. The first kappa shape index (κ1) is 17.7. The Morgan fingerprint density at radius 3 is 2.65 bits per heavy atom. The van der Waals surface area contributed by atoms with Crippen molar-refractivity contribution in [1.82, 2.24) is 10.1 Å². The predicted molar refractivity (Wildman–Crippen MR) is 96.9 cm³/mol. The van der Waals surface area contributed by atoms with Gasteiger partial charge in [0.1, 0.15) is 17.6 Å². The Morgan fingerprint density at radius 1 is 1.19 bits per heavy atom. The van der Waals surface area contributed by atoms with Crippen LogP contribution in [0.1, 0.15) is 19.4 Å². The summed E-state index contributed by atoms with van der Waals surface area (Å²) in [6, 6.07) is 11.8. The number of hydrogen-bond donors (Lipinski definition) is 0. The van der Waals surface area contributed by atoms with Crippen LogP contribution in [0.4, 0.5) is 4.39 Å². The first-order valence-electron chi connectivity index (χ1n) is 8.16. The third-order valence-corrected chi connectivity index (χ3v) is 3.70. The van der Waals surface area contributed by atoms with Gasteiger partial charge in [0.2, 0.25) is 5.82 Å². The van der Waals surface area contributed by atoms with Crippen molar-refractivity contribution in [3.63, 3.8) is 0 Å². The highest BCUT2D eigenvalue weighted by Crippen LogP contribution is 2.27. The van der Waals surface area contributed by atoms with Gasteiger partial charge in [0.15, 0.2) is 7.28 Å². The molecule has 0 aliphatic rings. The average Bonchev–Trinajstić information content (AvgIpc) is 3.12. The van der Waals surface area contributed by atoms with Gasteiger partial charge in [-0.05, 0) is 44.2 Å². The van der Waals surface area contributed by atoms with Gasteiger partial charge in [-0.1, -0.05) is 23.5 Å². The zero-order valence-corrected chi connectivity index (χ0v) is 14.7. The van der Waals surface area contributed by atoms with E-state index in [-0.39, 0.29) is 17.8 Å². The highest BCUT2D eigenvalue weighted by Gasteiger charge is 2.15. The van der Waals surface area contributed by atoms with Gasteiger partial charge in [-0.15, -0.1) is 0 Å². The summed E-state index contributed by atoms with van der Waals surface area (Å²) in [5.74, 6) is 0.829. The van der Waals surface area contributed by atoms with Gasteiger partial charge in [0.25, 0.3) is 5.89 Å². The van der Waals surface area contributed by atoms with E-state index in [1.54, 1.807) is 44.4 Å². The highest BCUT2D eigenvalue weighted by atomic mass is 19.1. The molecule has 3 aromatic rings. The molecule has 0 amide bonds. The van der Waals surface area contributed by atoms with Crippen LogP contribution in [0.5, 0.6) is 5.75 Å². The first-order valence-corrected chi connectivity index (χ1v) is 8.16. The molecule has 0 unspecified atom stereocenters. The second-order valence-corrected chi connectivity index (χ2v) is 5.94. The second-order valence-electron chi connectivity index (χ2n) is 5.94. The Labute approximate surface area is 151 Å². The number of ether oxygens (including phenoxy) is 1. The summed E-state index contributed by atoms with van der Waals surface area (Å²) in [6.45, 7) is 5.54. The van der Waals surface area contributed by atoms with E-state index in [4.69, 9.17) is 9.26 Å². The van der Waals surface area contributed by atoms with Gasteiger partial charge in [-0.25, -0.2) is 4.39 Å². The normalized spacial score (nSPS) is 10.6. The largest absolute Gasteiger partial charge is 0.490 e. The molecule has 1 aromatic heterocycles. The highest BCUT2D eigenvalue weighted by molar-refractivity contribution is 6.52. The molecule has 0 spiro atoms. The molecule has 0 aliphatic carbocycles. The standard InChI is InChI=1S/C19H16BFN3O2/c1-11(2)25-17-7-5-13(8-14(17)10-22)19-23-18(24-26-19)12-4-6-16(21)15(9-12)20-3/h4-9,11H,1-3H3. The fourth-order valence-electron chi connectivity index (χ4n) is 2.47. The monoisotopic (exact) mass is 348 g/mol. The minimum atomic E-state index is -0.306. The van der Waals surface area contributed by atoms with E-state index >= 15 is 0 Å². The van der Waals surface area contributed by atoms with Crippen molar-refractivity contribution in [3.8, 4) is 34.7 Å². The van der Waals surface area contributed by atoms with E-state index in [1.165, 1.54) is 6.07 Å². The summed E-state index contributed by atoms with van der Waals surface area (Å²) >= 11 is 0. The SMILES string of the molecule is C[B]c1cc(-c2noc(-c3ccc(OC(C)C)c(C#N)c3)n2)ccc1F. The van der Waals surface area contributed by atoms with Gasteiger partial charge in [-0.2, -0.15) is 10.2 Å². The fraction of sp³-hybridized carbons (Fsp3) is 0.211. The number of rotatable bonds is 5. The zero-order chi connectivity index (χ0) is 18.7. The minimum Gasteiger partial charge on any atom is -0.490 e. The number of nitriles is 1. The molecule has 1 heterocycles. The molecule has 0 aliphatic heterocycles. The molecule has 0 fully saturated rings. The van der Waals surface area contributed by atoms with Crippen LogP contribution < -0.4 is 10.2 Å². The van der Waals surface area contributed by atoms with Crippen LogP contribution in [0.25, 0.3) is 22.8 Å². The van der Waals surface area contributed by atoms with Crippen LogP contribution in [0, 0.1) is 17.1 Å². The van der Waals surface area contributed by atoms with Gasteiger partial charge in [-0.3, -0.25) is 0 Å². The molecule has 2 aromatic carbocycles. The molecular weight excluding hydrogens is 332 g/mol. The lowest BCUT2D eigenvalue weighted by Gasteiger charge is -2.11. The van der Waals surface area contributed by atoms with Crippen LogP contribution in [0.3, 0.4) is 0 Å². The first-order chi connectivity index (χ1) is 12.5. The third-order valence-electron chi connectivity index (χ3n) is 3.70. The lowest BCUT2D eigenvalue weighted by Crippen LogP contribution is -2.15. The van der Waals surface area contributed by atoms with Gasteiger partial charge >= 0.3 is 0 Å². The molecule has 0 atom stereocenters. The number of hydrogen-bond acceptors (Lipinski definition) is 5. The molecule has 5 nitrogen and oxygen atoms in total. The maximum Gasteiger partial charge on any atom is 0.258 e. The quantitative estimate of drug-likeness (QED) is 0.659. The van der Waals surface area contributed by atoms with E-state index in [0.29, 0.717) is 33.7 Å². The van der Waals surface area contributed by atoms with Crippen LogP contribution >= 0.6 is 0 Å². The molecule has 3 rings (SSSR count). The van der Waals surface area contributed by atoms with E-state index in [0.717, 1.165) is 0 Å². The van der Waals surface area contributed by atoms with Crippen molar-refractivity contribution in [3.05, 3.63) is 47.8 Å². The topological polar surface area (TPSA) is 71.9 Å². The second kappa shape index (κ2) is 7.40. The molecule has 0 bridgehead atoms. The van der Waals surface area contributed by atoms with Crippen molar-refractivity contribution in [1.29, 1.82) is 5.26 Å². The lowest BCUT2D eigenvalue weighted by molar-refractivity contribution is 0.242. The fourth-order valence-corrected chi connectivity index (χ4v) is 2.47. The molecule has 7 heteroatoms. The predicted octanol–water partition coefficient (Wildman–Crippen LogP) is 3.58. The minimum absolute atomic E-state index is 0.0361. The third kappa shape index (κ3) is 3.59. The average molecular weight is 348 g/mol. The summed E-state index contributed by atoms with van der Waals surface area (Å²) in [4.78, 5) is 4.36. The Bertz CT molecular complexity index is 979. The van der Waals surface area contributed by atoms with E-state index in [9.17, 15) is 9.65 Å². The lowest BCUT2D eigenvalue weighted by atomic mass is 9.72. The van der Waals surface area contributed by atoms with Crippen LogP contribution in [0.2, 0.25) is 6.82 Å².